The predicted octanol–water partition coefficient (Wildman–Crippen LogP) is 3.47. The largest absolute Gasteiger partial charge is 0.320 e. The lowest BCUT2D eigenvalue weighted by Crippen LogP contribution is -2.15. The van der Waals surface area contributed by atoms with E-state index in [0.29, 0.717) is 0 Å². The van der Waals surface area contributed by atoms with Crippen LogP contribution in [0.1, 0.15) is 17.0 Å². The normalized spacial score (nSPS) is 10.7. The minimum Gasteiger partial charge on any atom is -0.320 e. The molecule has 21 heavy (non-hydrogen) atoms. The zero-order chi connectivity index (χ0) is 14.5. The van der Waals surface area contributed by atoms with Crippen molar-refractivity contribution in [2.24, 2.45) is 0 Å². The lowest BCUT2D eigenvalue weighted by molar-refractivity contribution is 0.658. The number of hydrogen-bond donors (Lipinski definition) is 1. The molecule has 0 unspecified atom stereocenters. The summed E-state index contributed by atoms with van der Waals surface area (Å²) in [6, 6.07) is 18.8. The van der Waals surface area contributed by atoms with Gasteiger partial charge in [-0.15, -0.1) is 0 Å². The highest BCUT2D eigenvalue weighted by Crippen LogP contribution is 2.14. The minimum absolute atomic E-state index is 0.778. The van der Waals surface area contributed by atoms with Crippen LogP contribution in [0.4, 0.5) is 0 Å². The van der Waals surface area contributed by atoms with Gasteiger partial charge in [0.2, 0.25) is 0 Å². The molecule has 0 spiro atoms. The van der Waals surface area contributed by atoms with Gasteiger partial charge in [-0.05, 0) is 48.9 Å². The van der Waals surface area contributed by atoms with Crippen molar-refractivity contribution in [3.63, 3.8) is 0 Å². The molecular weight excluding hydrogens is 258 g/mol. The first-order valence-electron chi connectivity index (χ1n) is 7.17. The van der Waals surface area contributed by atoms with Gasteiger partial charge in [0.15, 0.2) is 0 Å². The third-order valence-corrected chi connectivity index (χ3v) is 3.45. The van der Waals surface area contributed by atoms with Gasteiger partial charge in [-0.3, -0.25) is 4.98 Å². The van der Waals surface area contributed by atoms with Crippen molar-refractivity contribution in [2.45, 2.75) is 20.0 Å². The summed E-state index contributed by atoms with van der Waals surface area (Å²) in [5.41, 5.74) is 4.78. The van der Waals surface area contributed by atoms with Gasteiger partial charge < -0.3 is 9.88 Å². The Balaban J connectivity index is 1.69. The fraction of sp³-hybridized carbons (Fsp3) is 0.167. The van der Waals surface area contributed by atoms with Crippen LogP contribution >= 0.6 is 0 Å². The molecule has 0 saturated heterocycles. The lowest BCUT2D eigenvalue weighted by Gasteiger charge is -2.11. The van der Waals surface area contributed by atoms with Crippen LogP contribution in [0.3, 0.4) is 0 Å². The summed E-state index contributed by atoms with van der Waals surface area (Å²) in [5, 5.41) is 3.45. The van der Waals surface area contributed by atoms with Crippen LogP contribution in [-0.2, 0) is 13.1 Å². The smallest absolute Gasteiger partial charge is 0.0541 e. The highest BCUT2D eigenvalue weighted by molar-refractivity contribution is 5.38. The molecule has 3 heteroatoms. The van der Waals surface area contributed by atoms with Crippen molar-refractivity contribution >= 4 is 0 Å². The van der Waals surface area contributed by atoms with Crippen molar-refractivity contribution < 1.29 is 0 Å². The zero-order valence-electron chi connectivity index (χ0n) is 12.2. The number of pyridine rings is 1. The van der Waals surface area contributed by atoms with Crippen molar-refractivity contribution in [1.82, 2.24) is 14.9 Å². The Bertz CT molecular complexity index is 701. The lowest BCUT2D eigenvalue weighted by atomic mass is 10.2. The minimum atomic E-state index is 0.778. The van der Waals surface area contributed by atoms with E-state index in [9.17, 15) is 0 Å². The summed E-state index contributed by atoms with van der Waals surface area (Å²) in [6.45, 7) is 3.71. The third kappa shape index (κ3) is 3.38. The first-order valence-corrected chi connectivity index (χ1v) is 7.17. The summed E-state index contributed by atoms with van der Waals surface area (Å²) in [7, 11) is 0. The maximum Gasteiger partial charge on any atom is 0.0541 e. The van der Waals surface area contributed by atoms with Gasteiger partial charge in [-0.25, -0.2) is 0 Å². The van der Waals surface area contributed by atoms with Gasteiger partial charge >= 0.3 is 0 Å². The van der Waals surface area contributed by atoms with Crippen LogP contribution < -0.4 is 5.32 Å². The zero-order valence-corrected chi connectivity index (χ0v) is 12.2. The quantitative estimate of drug-likeness (QED) is 0.774. The van der Waals surface area contributed by atoms with Gasteiger partial charge in [0, 0.05) is 36.9 Å². The SMILES string of the molecule is Cc1cccc(-n2cccc2CNCc2ccccn2)c1. The molecule has 0 fully saturated rings. The van der Waals surface area contributed by atoms with E-state index in [-0.39, 0.29) is 0 Å². The first kappa shape index (κ1) is 13.6. The summed E-state index contributed by atoms with van der Waals surface area (Å²) >= 11 is 0. The topological polar surface area (TPSA) is 29.9 Å². The van der Waals surface area contributed by atoms with Crippen LogP contribution in [0.25, 0.3) is 5.69 Å². The molecule has 0 aliphatic carbocycles. The molecule has 3 aromatic rings. The van der Waals surface area contributed by atoms with E-state index in [2.05, 4.69) is 64.4 Å². The molecule has 0 bridgehead atoms. The molecule has 106 valence electrons. The van der Waals surface area contributed by atoms with Crippen molar-refractivity contribution in [3.05, 3.63) is 83.9 Å². The van der Waals surface area contributed by atoms with E-state index in [1.165, 1.54) is 16.9 Å². The van der Waals surface area contributed by atoms with Crippen molar-refractivity contribution in [2.75, 3.05) is 0 Å². The highest BCUT2D eigenvalue weighted by atomic mass is 15.0. The Morgan fingerprint density at radius 1 is 1.00 bits per heavy atom. The second kappa shape index (κ2) is 6.37. The summed E-state index contributed by atoms with van der Waals surface area (Å²) in [6.07, 6.45) is 3.93. The average molecular weight is 277 g/mol. The van der Waals surface area contributed by atoms with Gasteiger partial charge in [0.1, 0.15) is 0 Å². The molecule has 0 saturated carbocycles. The fourth-order valence-corrected chi connectivity index (χ4v) is 2.41. The molecule has 3 nitrogen and oxygen atoms in total. The molecule has 2 heterocycles. The Labute approximate surface area is 125 Å². The van der Waals surface area contributed by atoms with Gasteiger partial charge in [0.25, 0.3) is 0 Å². The van der Waals surface area contributed by atoms with E-state index in [0.717, 1.165) is 18.8 Å². The summed E-state index contributed by atoms with van der Waals surface area (Å²) < 4.78 is 2.22. The van der Waals surface area contributed by atoms with E-state index in [4.69, 9.17) is 0 Å². The molecule has 0 aliphatic heterocycles. The standard InChI is InChI=1S/C18H19N3/c1-15-6-4-8-17(12-15)21-11-5-9-18(21)14-19-13-16-7-2-3-10-20-16/h2-12,19H,13-14H2,1H3. The number of nitrogens with zero attached hydrogens (tertiary/aromatic N) is 2. The maximum absolute atomic E-state index is 4.32. The van der Waals surface area contributed by atoms with Gasteiger partial charge in [0.05, 0.1) is 5.69 Å². The second-order valence-corrected chi connectivity index (χ2v) is 5.13. The number of benzene rings is 1. The van der Waals surface area contributed by atoms with Crippen LogP contribution in [-0.4, -0.2) is 9.55 Å². The Morgan fingerprint density at radius 2 is 1.95 bits per heavy atom. The Hall–Kier alpha value is -2.39. The maximum atomic E-state index is 4.32. The van der Waals surface area contributed by atoms with Gasteiger partial charge in [-0.1, -0.05) is 18.2 Å². The molecule has 2 aromatic heterocycles. The average Bonchev–Trinajstić information content (AvgIpc) is 2.97. The van der Waals surface area contributed by atoms with Crippen LogP contribution in [0.15, 0.2) is 67.0 Å². The van der Waals surface area contributed by atoms with E-state index < -0.39 is 0 Å². The van der Waals surface area contributed by atoms with E-state index in [1.807, 2.05) is 24.4 Å². The number of nitrogens with one attached hydrogen (secondary N) is 1. The van der Waals surface area contributed by atoms with Crippen LogP contribution in [0, 0.1) is 6.92 Å². The highest BCUT2D eigenvalue weighted by Gasteiger charge is 2.03. The van der Waals surface area contributed by atoms with Crippen molar-refractivity contribution in [1.29, 1.82) is 0 Å². The van der Waals surface area contributed by atoms with Gasteiger partial charge in [-0.2, -0.15) is 0 Å². The summed E-state index contributed by atoms with van der Waals surface area (Å²) in [4.78, 5) is 4.32. The number of aromatic nitrogens is 2. The Morgan fingerprint density at radius 3 is 2.76 bits per heavy atom. The molecule has 1 N–H and O–H groups in total. The molecule has 0 amide bonds. The Kier molecular flexibility index (Phi) is 4.12. The van der Waals surface area contributed by atoms with Crippen LogP contribution in [0.5, 0.6) is 0 Å². The first-order chi connectivity index (χ1) is 10.3. The molecular formula is C18H19N3. The van der Waals surface area contributed by atoms with E-state index in [1.54, 1.807) is 0 Å². The second-order valence-electron chi connectivity index (χ2n) is 5.13. The molecule has 1 aromatic carbocycles. The molecule has 3 rings (SSSR count). The number of rotatable bonds is 5. The molecule has 0 aliphatic rings. The number of aryl methyl sites for hydroxylation is 1. The monoisotopic (exact) mass is 277 g/mol. The number of hydrogen-bond acceptors (Lipinski definition) is 2. The molecule has 0 atom stereocenters. The van der Waals surface area contributed by atoms with E-state index >= 15 is 0 Å². The summed E-state index contributed by atoms with van der Waals surface area (Å²) in [5.74, 6) is 0. The third-order valence-electron chi connectivity index (χ3n) is 3.45. The predicted molar refractivity (Wildman–Crippen MR) is 85.3 cm³/mol. The fourth-order valence-electron chi connectivity index (χ4n) is 2.41. The molecule has 0 radical (unpaired) electrons. The van der Waals surface area contributed by atoms with Crippen LogP contribution in [0.2, 0.25) is 0 Å². The van der Waals surface area contributed by atoms with Crippen molar-refractivity contribution in [3.8, 4) is 5.69 Å².